The Morgan fingerprint density at radius 2 is 1.71 bits per heavy atom. The van der Waals surface area contributed by atoms with Crippen LogP contribution in [0.3, 0.4) is 0 Å². The van der Waals surface area contributed by atoms with Crippen molar-refractivity contribution in [3.63, 3.8) is 0 Å². The lowest BCUT2D eigenvalue weighted by atomic mass is 9.85. The van der Waals surface area contributed by atoms with Crippen LogP contribution in [0.5, 0.6) is 0 Å². The van der Waals surface area contributed by atoms with Crippen molar-refractivity contribution in [1.82, 2.24) is 19.4 Å². The molecule has 2 aliphatic rings. The zero-order chi connectivity index (χ0) is 36.3. The smallest absolute Gasteiger partial charge is 0.370 e. The highest BCUT2D eigenvalue weighted by atomic mass is 35.5. The van der Waals surface area contributed by atoms with E-state index in [1.54, 1.807) is 18.2 Å². The first-order valence-electron chi connectivity index (χ1n) is 16.8. The molecule has 14 heteroatoms. The average Bonchev–Trinajstić information content (AvgIpc) is 3.46. The molecule has 1 fully saturated rings. The van der Waals surface area contributed by atoms with Crippen molar-refractivity contribution in [2.45, 2.75) is 69.7 Å². The van der Waals surface area contributed by atoms with Gasteiger partial charge in [0.25, 0.3) is 5.56 Å². The van der Waals surface area contributed by atoms with Crippen molar-refractivity contribution in [2.75, 3.05) is 19.6 Å². The molecule has 1 aromatic heterocycles. The Morgan fingerprint density at radius 1 is 0.980 bits per heavy atom. The number of aromatic nitrogens is 2. The topological polar surface area (TPSA) is 112 Å². The summed E-state index contributed by atoms with van der Waals surface area (Å²) in [4.78, 5) is 42.4. The van der Waals surface area contributed by atoms with Crippen molar-refractivity contribution in [3.05, 3.63) is 138 Å². The summed E-state index contributed by atoms with van der Waals surface area (Å²) < 4.78 is 66.0. The lowest BCUT2D eigenvalue weighted by Gasteiger charge is -2.39. The van der Waals surface area contributed by atoms with E-state index >= 15 is 4.39 Å². The molecule has 3 heterocycles. The molecule has 6 rings (SSSR count). The molecule has 0 radical (unpaired) electrons. The van der Waals surface area contributed by atoms with Crippen LogP contribution in [0.25, 0.3) is 0 Å². The van der Waals surface area contributed by atoms with Crippen LogP contribution in [-0.4, -0.2) is 39.6 Å². The number of alkyl halides is 3. The van der Waals surface area contributed by atoms with Crippen LogP contribution >= 0.6 is 11.6 Å². The summed E-state index contributed by atoms with van der Waals surface area (Å²) in [6.45, 7) is 0.862. The number of carbonyl (C=O) groups excluding carboxylic acids is 1. The molecule has 1 atom stereocenters. The number of benzene rings is 3. The number of nitrogens with two attached hydrogens (primary N) is 1. The van der Waals surface area contributed by atoms with Crippen molar-refractivity contribution in [3.8, 4) is 0 Å². The number of hydrogen-bond acceptors (Lipinski definition) is 6. The number of piperidine rings is 1. The highest BCUT2D eigenvalue weighted by molar-refractivity contribution is 6.30. The maximum absolute atomic E-state index is 15.2. The quantitative estimate of drug-likeness (QED) is 0.148. The first kappa shape index (κ1) is 36.5. The molecule has 3 aromatic carbocycles. The van der Waals surface area contributed by atoms with Gasteiger partial charge in [-0.15, -0.1) is 0 Å². The molecule has 51 heavy (non-hydrogen) atoms. The fourth-order valence-corrected chi connectivity index (χ4v) is 7.36. The summed E-state index contributed by atoms with van der Waals surface area (Å²) in [6, 6.07) is 18.6. The lowest BCUT2D eigenvalue weighted by molar-refractivity contribution is -0.138. The Bertz CT molecular complexity index is 2010. The molecule has 1 amide bonds. The SMILES string of the molecule is NC(=O)CCCN[C@@H](Cn1c(=O)c2c(n(Cc3c(F)cccc3C(F)(F)F)c1=O)COC21CCN(Cc2cccc(Cl)c2)CC1)c1ccccc1. The van der Waals surface area contributed by atoms with E-state index in [-0.39, 0.29) is 30.8 Å². The van der Waals surface area contributed by atoms with Gasteiger partial charge in [-0.05, 0) is 61.2 Å². The molecule has 9 nitrogen and oxygen atoms in total. The molecule has 0 saturated carbocycles. The number of rotatable bonds is 12. The summed E-state index contributed by atoms with van der Waals surface area (Å²) in [5.41, 5.74) is 2.92. The highest BCUT2D eigenvalue weighted by Crippen LogP contribution is 2.43. The third-order valence-electron chi connectivity index (χ3n) is 9.73. The minimum atomic E-state index is -4.89. The average molecular weight is 728 g/mol. The van der Waals surface area contributed by atoms with E-state index in [0.717, 1.165) is 38.5 Å². The van der Waals surface area contributed by atoms with Gasteiger partial charge < -0.3 is 15.8 Å². The predicted octanol–water partition coefficient (Wildman–Crippen LogP) is 5.49. The zero-order valence-corrected chi connectivity index (χ0v) is 28.5. The van der Waals surface area contributed by atoms with E-state index in [9.17, 15) is 27.6 Å². The monoisotopic (exact) mass is 727 g/mol. The van der Waals surface area contributed by atoms with Gasteiger partial charge in [0.05, 0.1) is 42.6 Å². The third kappa shape index (κ3) is 7.96. The number of nitrogens with zero attached hydrogens (tertiary/aromatic N) is 3. The fraction of sp³-hybridized carbons (Fsp3) is 0.378. The first-order valence-corrected chi connectivity index (χ1v) is 17.1. The van der Waals surface area contributed by atoms with Crippen LogP contribution in [0.2, 0.25) is 5.02 Å². The van der Waals surface area contributed by atoms with Gasteiger partial charge in [0.1, 0.15) is 11.4 Å². The molecule has 2 aliphatic heterocycles. The van der Waals surface area contributed by atoms with E-state index in [0.29, 0.717) is 50.5 Å². The summed E-state index contributed by atoms with van der Waals surface area (Å²) in [5.74, 6) is -1.59. The highest BCUT2D eigenvalue weighted by Gasteiger charge is 2.47. The standard InChI is InChI=1S/C37H38ClF4N5O4/c38-26-10-4-7-24(19-26)20-45-17-14-36(15-18-45)33-31(23-51-36)46(21-27-28(37(40,41)42)11-5-12-29(27)39)35(50)47(34(33)49)22-30(25-8-2-1-3-9-25)44-16-6-13-32(43)48/h1-5,7-12,19,30,44H,6,13-18,20-23H2,(H2,43,48)/t30-/m0/s1. The van der Waals surface area contributed by atoms with Crippen LogP contribution in [0.1, 0.15) is 65.2 Å². The number of primary amides is 1. The number of hydrogen-bond donors (Lipinski definition) is 2. The van der Waals surface area contributed by atoms with Crippen molar-refractivity contribution in [1.29, 1.82) is 0 Å². The van der Waals surface area contributed by atoms with Crippen LogP contribution in [0.4, 0.5) is 17.6 Å². The lowest BCUT2D eigenvalue weighted by Crippen LogP contribution is -2.50. The Hall–Kier alpha value is -4.30. The van der Waals surface area contributed by atoms with Gasteiger partial charge in [-0.25, -0.2) is 9.18 Å². The van der Waals surface area contributed by atoms with Gasteiger partial charge in [0.2, 0.25) is 5.91 Å². The first-order chi connectivity index (χ1) is 24.4. The molecule has 1 saturated heterocycles. The molecule has 0 bridgehead atoms. The van der Waals surface area contributed by atoms with Crippen molar-refractivity contribution in [2.24, 2.45) is 5.73 Å². The minimum absolute atomic E-state index is 0.123. The van der Waals surface area contributed by atoms with Crippen LogP contribution < -0.4 is 22.3 Å². The second-order valence-corrected chi connectivity index (χ2v) is 13.5. The van der Waals surface area contributed by atoms with Crippen LogP contribution in [0, 0.1) is 5.82 Å². The largest absolute Gasteiger partial charge is 0.416 e. The Morgan fingerprint density at radius 3 is 2.39 bits per heavy atom. The van der Waals surface area contributed by atoms with Crippen LogP contribution in [0.15, 0.2) is 82.4 Å². The number of carbonyl (C=O) groups is 1. The zero-order valence-electron chi connectivity index (χ0n) is 27.7. The second-order valence-electron chi connectivity index (χ2n) is 13.0. The molecule has 270 valence electrons. The number of fused-ring (bicyclic) bond motifs is 2. The fourth-order valence-electron chi connectivity index (χ4n) is 7.15. The van der Waals surface area contributed by atoms with Gasteiger partial charge in [0, 0.05) is 36.6 Å². The second kappa shape index (κ2) is 15.1. The summed E-state index contributed by atoms with van der Waals surface area (Å²) >= 11 is 6.19. The minimum Gasteiger partial charge on any atom is -0.370 e. The maximum Gasteiger partial charge on any atom is 0.416 e. The molecular weight excluding hydrogens is 690 g/mol. The Kier molecular flexibility index (Phi) is 10.8. The summed E-state index contributed by atoms with van der Waals surface area (Å²) in [5, 5.41) is 3.92. The van der Waals surface area contributed by atoms with Crippen molar-refractivity contribution >= 4 is 17.5 Å². The molecule has 0 unspecified atom stereocenters. The van der Waals surface area contributed by atoms with E-state index in [1.807, 2.05) is 36.4 Å². The molecular formula is C37H38ClF4N5O4. The third-order valence-corrected chi connectivity index (χ3v) is 9.97. The summed E-state index contributed by atoms with van der Waals surface area (Å²) in [6.07, 6.45) is -3.60. The predicted molar refractivity (Wildman–Crippen MR) is 184 cm³/mol. The molecule has 0 aliphatic carbocycles. The Labute approximate surface area is 296 Å². The van der Waals surface area contributed by atoms with E-state index in [2.05, 4.69) is 10.2 Å². The van der Waals surface area contributed by atoms with Crippen molar-refractivity contribution < 1.29 is 27.1 Å². The molecule has 3 N–H and O–H groups in total. The number of amides is 1. The van der Waals surface area contributed by atoms with Gasteiger partial charge in [-0.3, -0.25) is 23.6 Å². The number of likely N-dealkylation sites (tertiary alicyclic amines) is 1. The Balaban J connectivity index is 1.42. The van der Waals surface area contributed by atoms with E-state index in [1.165, 1.54) is 0 Å². The van der Waals surface area contributed by atoms with Gasteiger partial charge >= 0.3 is 11.9 Å². The van der Waals surface area contributed by atoms with Gasteiger partial charge in [-0.1, -0.05) is 60.1 Å². The van der Waals surface area contributed by atoms with Gasteiger partial charge in [-0.2, -0.15) is 13.2 Å². The molecule has 1 spiro atoms. The van der Waals surface area contributed by atoms with E-state index in [4.69, 9.17) is 22.1 Å². The normalized spacial score (nSPS) is 16.3. The van der Waals surface area contributed by atoms with Gasteiger partial charge in [0.15, 0.2) is 0 Å². The molecule has 4 aromatic rings. The number of halogens is 5. The van der Waals surface area contributed by atoms with Crippen LogP contribution in [-0.2, 0) is 47.5 Å². The summed E-state index contributed by atoms with van der Waals surface area (Å²) in [7, 11) is 0. The van der Waals surface area contributed by atoms with E-state index < -0.39 is 58.5 Å². The maximum atomic E-state index is 15.2. The number of nitrogens with one attached hydrogen (secondary N) is 1. The number of ether oxygens (including phenoxy) is 1.